The Bertz CT molecular complexity index is 785. The number of nitrogens with two attached hydrogens (primary N) is 1. The van der Waals surface area contributed by atoms with Gasteiger partial charge in [0.1, 0.15) is 24.4 Å². The second-order valence-electron chi connectivity index (χ2n) is 6.22. The Morgan fingerprint density at radius 1 is 1.29 bits per heavy atom. The van der Waals surface area contributed by atoms with E-state index in [1.54, 1.807) is 6.92 Å². The topological polar surface area (TPSA) is 186 Å². The average molecular weight is 395 g/mol. The van der Waals surface area contributed by atoms with Crippen LogP contribution in [0.3, 0.4) is 0 Å². The first kappa shape index (κ1) is 21.1. The van der Waals surface area contributed by atoms with Crippen molar-refractivity contribution in [2.75, 3.05) is 19.8 Å². The summed E-state index contributed by atoms with van der Waals surface area (Å²) < 4.78 is 5.54. The van der Waals surface area contributed by atoms with Gasteiger partial charge in [0, 0.05) is 18.7 Å². The molecule has 0 spiro atoms. The number of nitrogens with zero attached hydrogens (tertiary/aromatic N) is 1. The highest BCUT2D eigenvalue weighted by Gasteiger charge is 2.26. The number of nitro benzene ring substituents is 1. The monoisotopic (exact) mass is 395 g/mol. The summed E-state index contributed by atoms with van der Waals surface area (Å²) in [6, 6.07) is 0.522. The van der Waals surface area contributed by atoms with Gasteiger partial charge >= 0.3 is 0 Å². The van der Waals surface area contributed by atoms with Crippen molar-refractivity contribution < 1.29 is 29.2 Å². The molecule has 1 heterocycles. The summed E-state index contributed by atoms with van der Waals surface area (Å²) >= 11 is 0. The number of ether oxygens (including phenoxy) is 1. The lowest BCUT2D eigenvalue weighted by atomic mass is 10.1. The lowest BCUT2D eigenvalue weighted by Gasteiger charge is -2.23. The summed E-state index contributed by atoms with van der Waals surface area (Å²) in [4.78, 5) is 47.0. The first-order valence-electron chi connectivity index (χ1n) is 8.39. The van der Waals surface area contributed by atoms with Crippen molar-refractivity contribution in [3.63, 3.8) is 0 Å². The van der Waals surface area contributed by atoms with Crippen LogP contribution in [-0.4, -0.2) is 65.6 Å². The fourth-order valence-electron chi connectivity index (χ4n) is 2.40. The molecule has 28 heavy (non-hydrogen) atoms. The molecule has 0 saturated carbocycles. The Labute approximate surface area is 159 Å². The van der Waals surface area contributed by atoms with E-state index in [0.717, 1.165) is 6.07 Å². The van der Waals surface area contributed by atoms with E-state index in [1.807, 2.05) is 0 Å². The molecule has 152 valence electrons. The van der Waals surface area contributed by atoms with E-state index < -0.39 is 47.4 Å². The number of amides is 3. The largest absolute Gasteiger partial charge is 0.491 e. The number of hydrogen-bond donors (Lipinski definition) is 5. The van der Waals surface area contributed by atoms with Crippen LogP contribution in [0.25, 0.3) is 0 Å². The third-order valence-electron chi connectivity index (χ3n) is 3.93. The molecule has 0 fully saturated rings. The van der Waals surface area contributed by atoms with Crippen LogP contribution in [0.1, 0.15) is 17.3 Å². The van der Waals surface area contributed by atoms with Crippen molar-refractivity contribution in [1.82, 2.24) is 16.0 Å². The molecule has 2 rings (SSSR count). The van der Waals surface area contributed by atoms with Gasteiger partial charge < -0.3 is 31.5 Å². The van der Waals surface area contributed by atoms with Crippen LogP contribution in [-0.2, 0) is 9.59 Å². The summed E-state index contributed by atoms with van der Waals surface area (Å²) in [7, 11) is 0. The highest BCUT2D eigenvalue weighted by atomic mass is 16.6. The lowest BCUT2D eigenvalue weighted by Crippen LogP contribution is -2.57. The molecule has 0 radical (unpaired) electrons. The average Bonchev–Trinajstić information content (AvgIpc) is 2.66. The molecule has 1 aliphatic heterocycles. The van der Waals surface area contributed by atoms with Crippen molar-refractivity contribution in [2.45, 2.75) is 25.0 Å². The minimum atomic E-state index is -1.21. The predicted octanol–water partition coefficient (Wildman–Crippen LogP) is -1.97. The molecule has 0 saturated heterocycles. The molecule has 0 aliphatic carbocycles. The van der Waals surface area contributed by atoms with Gasteiger partial charge in [0.15, 0.2) is 0 Å². The first-order chi connectivity index (χ1) is 13.2. The van der Waals surface area contributed by atoms with Crippen molar-refractivity contribution in [3.05, 3.63) is 33.9 Å². The van der Waals surface area contributed by atoms with Crippen LogP contribution in [0.4, 0.5) is 5.69 Å². The highest BCUT2D eigenvalue weighted by Crippen LogP contribution is 2.24. The molecule has 3 amide bonds. The SMILES string of the molecule is C[C@H]1COc2ccc([N+](=O)[O-])cc2C(=O)NC[C@H](N)C(=O)N[C@@H](CO)C(=O)N1. The first-order valence-corrected chi connectivity index (χ1v) is 8.39. The van der Waals surface area contributed by atoms with E-state index in [9.17, 15) is 29.6 Å². The van der Waals surface area contributed by atoms with E-state index >= 15 is 0 Å². The van der Waals surface area contributed by atoms with Crippen LogP contribution in [0.2, 0.25) is 0 Å². The van der Waals surface area contributed by atoms with E-state index in [1.165, 1.54) is 12.1 Å². The molecule has 0 unspecified atom stereocenters. The highest BCUT2D eigenvalue weighted by molar-refractivity contribution is 5.98. The zero-order valence-corrected chi connectivity index (χ0v) is 15.0. The number of nitro groups is 1. The van der Waals surface area contributed by atoms with Gasteiger partial charge in [0.2, 0.25) is 11.8 Å². The smallest absolute Gasteiger partial charge is 0.270 e. The summed E-state index contributed by atoms with van der Waals surface area (Å²) in [5, 5.41) is 27.6. The number of hydrogen-bond acceptors (Lipinski definition) is 8. The van der Waals surface area contributed by atoms with Crippen LogP contribution < -0.4 is 26.4 Å². The fourth-order valence-corrected chi connectivity index (χ4v) is 2.40. The molecule has 1 aliphatic rings. The Morgan fingerprint density at radius 3 is 2.64 bits per heavy atom. The normalized spacial score (nSPS) is 24.0. The van der Waals surface area contributed by atoms with Crippen LogP contribution in [0.15, 0.2) is 18.2 Å². The van der Waals surface area contributed by atoms with Gasteiger partial charge in [-0.05, 0) is 13.0 Å². The molecular weight excluding hydrogens is 374 g/mol. The number of nitrogens with one attached hydrogen (secondary N) is 3. The lowest BCUT2D eigenvalue weighted by molar-refractivity contribution is -0.384. The second-order valence-corrected chi connectivity index (χ2v) is 6.22. The van der Waals surface area contributed by atoms with Crippen LogP contribution in [0, 0.1) is 10.1 Å². The minimum Gasteiger partial charge on any atom is -0.491 e. The third kappa shape index (κ3) is 5.14. The number of carbonyl (C=O) groups excluding carboxylic acids is 3. The maximum absolute atomic E-state index is 12.4. The number of aliphatic hydroxyl groups is 1. The molecule has 6 N–H and O–H groups in total. The zero-order chi connectivity index (χ0) is 20.8. The van der Waals surface area contributed by atoms with Crippen molar-refractivity contribution in [2.24, 2.45) is 5.73 Å². The van der Waals surface area contributed by atoms with Crippen molar-refractivity contribution in [3.8, 4) is 5.75 Å². The van der Waals surface area contributed by atoms with Crippen molar-refractivity contribution >= 4 is 23.4 Å². The number of aliphatic hydroxyl groups excluding tert-OH is 1. The van der Waals surface area contributed by atoms with E-state index in [-0.39, 0.29) is 30.2 Å². The number of fused-ring (bicyclic) bond motifs is 1. The zero-order valence-electron chi connectivity index (χ0n) is 15.0. The molecular formula is C16H21N5O7. The number of carbonyl (C=O) groups is 3. The molecule has 0 bridgehead atoms. The minimum absolute atomic E-state index is 0.0601. The summed E-state index contributed by atoms with van der Waals surface area (Å²) in [5.74, 6) is -2.04. The number of benzene rings is 1. The summed E-state index contributed by atoms with van der Waals surface area (Å²) in [5.41, 5.74) is 5.28. The fraction of sp³-hybridized carbons (Fsp3) is 0.438. The Hall–Kier alpha value is -3.25. The maximum Gasteiger partial charge on any atom is 0.270 e. The van der Waals surface area contributed by atoms with Crippen molar-refractivity contribution in [1.29, 1.82) is 0 Å². The second kappa shape index (κ2) is 9.10. The Kier molecular flexibility index (Phi) is 6.84. The molecule has 12 nitrogen and oxygen atoms in total. The van der Waals surface area contributed by atoms with Crippen LogP contribution in [0.5, 0.6) is 5.75 Å². The molecule has 1 aromatic carbocycles. The standard InChI is InChI=1S/C16H21N5O7/c1-8-7-28-13-3-2-9(21(26)27)4-10(13)14(23)18-5-11(17)15(24)20-12(6-22)16(25)19-8/h2-4,8,11-12,22H,5-7,17H2,1H3,(H,18,23)(H,19,25)(H,20,24)/t8-,11-,12-/m0/s1. The van der Waals surface area contributed by atoms with E-state index in [4.69, 9.17) is 10.5 Å². The maximum atomic E-state index is 12.4. The summed E-state index contributed by atoms with van der Waals surface area (Å²) in [6.07, 6.45) is 0. The van der Waals surface area contributed by atoms with Gasteiger partial charge in [0.05, 0.1) is 23.1 Å². The number of rotatable bonds is 2. The van der Waals surface area contributed by atoms with E-state index in [0.29, 0.717) is 0 Å². The van der Waals surface area contributed by atoms with Gasteiger partial charge in [-0.3, -0.25) is 24.5 Å². The van der Waals surface area contributed by atoms with Gasteiger partial charge in [0.25, 0.3) is 11.6 Å². The predicted molar refractivity (Wildman–Crippen MR) is 95.5 cm³/mol. The summed E-state index contributed by atoms with van der Waals surface area (Å²) in [6.45, 7) is 0.603. The Balaban J connectivity index is 2.34. The van der Waals surface area contributed by atoms with E-state index in [2.05, 4.69) is 16.0 Å². The van der Waals surface area contributed by atoms with Crippen LogP contribution >= 0.6 is 0 Å². The van der Waals surface area contributed by atoms with Gasteiger partial charge in [-0.25, -0.2) is 0 Å². The Morgan fingerprint density at radius 2 is 2.00 bits per heavy atom. The van der Waals surface area contributed by atoms with Gasteiger partial charge in [-0.2, -0.15) is 0 Å². The van der Waals surface area contributed by atoms with Gasteiger partial charge in [-0.15, -0.1) is 0 Å². The molecule has 1 aromatic rings. The quantitative estimate of drug-likeness (QED) is 0.282. The van der Waals surface area contributed by atoms with Gasteiger partial charge in [-0.1, -0.05) is 0 Å². The molecule has 12 heteroatoms. The number of non-ortho nitro benzene ring substituents is 1. The third-order valence-corrected chi connectivity index (χ3v) is 3.93. The molecule has 0 aromatic heterocycles. The molecule has 3 atom stereocenters.